The molecule has 0 radical (unpaired) electrons. The Morgan fingerprint density at radius 2 is 1.97 bits per heavy atom. The molecule has 0 atom stereocenters. The van der Waals surface area contributed by atoms with Crippen LogP contribution in [-0.2, 0) is 16.1 Å². The van der Waals surface area contributed by atoms with Crippen molar-refractivity contribution in [3.8, 4) is 11.8 Å². The van der Waals surface area contributed by atoms with E-state index < -0.39 is 11.9 Å². The Kier molecular flexibility index (Phi) is 8.79. The highest BCUT2D eigenvalue weighted by Crippen LogP contribution is 2.33. The Balaban J connectivity index is 1.77. The summed E-state index contributed by atoms with van der Waals surface area (Å²) in [5.74, 6) is -1.04. The number of amides is 1. The number of benzene rings is 2. The van der Waals surface area contributed by atoms with Crippen molar-refractivity contribution < 1.29 is 23.5 Å². The molecular formula is C26H22BrFN2O4S. The molecule has 1 N–H and O–H groups in total. The summed E-state index contributed by atoms with van der Waals surface area (Å²) in [6.45, 7) is 5.58. The van der Waals surface area contributed by atoms with E-state index in [1.165, 1.54) is 23.5 Å². The van der Waals surface area contributed by atoms with Crippen molar-refractivity contribution in [3.05, 3.63) is 85.5 Å². The first kappa shape index (κ1) is 26.1. The number of carbonyl (C=O) groups excluding carboxylic acids is 2. The molecule has 0 unspecified atom stereocenters. The Hall–Kier alpha value is -3.48. The minimum atomic E-state index is -0.643. The van der Waals surface area contributed by atoms with Crippen LogP contribution >= 0.6 is 27.3 Å². The first-order chi connectivity index (χ1) is 16.7. The Labute approximate surface area is 215 Å². The van der Waals surface area contributed by atoms with Gasteiger partial charge >= 0.3 is 5.97 Å². The lowest BCUT2D eigenvalue weighted by Gasteiger charge is -2.10. The molecule has 3 rings (SSSR count). The summed E-state index contributed by atoms with van der Waals surface area (Å²) in [5, 5.41) is 12.6. The number of halogens is 2. The van der Waals surface area contributed by atoms with Gasteiger partial charge in [-0.15, -0.1) is 11.3 Å². The summed E-state index contributed by atoms with van der Waals surface area (Å²) >= 11 is 4.66. The highest BCUT2D eigenvalue weighted by Gasteiger charge is 2.23. The predicted molar refractivity (Wildman–Crippen MR) is 137 cm³/mol. The molecule has 0 saturated heterocycles. The molecular weight excluding hydrogens is 535 g/mol. The molecule has 9 heteroatoms. The van der Waals surface area contributed by atoms with Gasteiger partial charge in [0, 0.05) is 10.4 Å². The molecule has 180 valence electrons. The zero-order valence-electron chi connectivity index (χ0n) is 19.3. The molecule has 1 amide bonds. The summed E-state index contributed by atoms with van der Waals surface area (Å²) < 4.78 is 25.2. The topological polar surface area (TPSA) is 88.4 Å². The number of nitrogens with one attached hydrogen (secondary N) is 1. The van der Waals surface area contributed by atoms with Gasteiger partial charge in [0.15, 0.2) is 0 Å². The normalized spacial score (nSPS) is 11.0. The molecule has 0 aliphatic carbocycles. The van der Waals surface area contributed by atoms with Crippen LogP contribution in [0.2, 0.25) is 0 Å². The number of ether oxygens (including phenoxy) is 2. The summed E-state index contributed by atoms with van der Waals surface area (Å²) in [6.07, 6.45) is 1.43. The third kappa shape index (κ3) is 6.35. The standard InChI is InChI=1S/C26H22BrFN2O4S/c1-4-33-26(32)23-15(2)16(3)35-25(23)30-24(31)19(13-29)11-17-9-10-22(20(27)12-17)34-14-18-7-5-6-8-21(18)28/h5-12H,4,14H2,1-3H3,(H,30,31)/b19-11+. The second-order valence-corrected chi connectivity index (χ2v) is 9.48. The first-order valence-corrected chi connectivity index (χ1v) is 12.2. The molecule has 0 bridgehead atoms. The maximum Gasteiger partial charge on any atom is 0.341 e. The number of carbonyl (C=O) groups is 2. The lowest BCUT2D eigenvalue weighted by molar-refractivity contribution is -0.112. The van der Waals surface area contributed by atoms with Crippen molar-refractivity contribution in [1.82, 2.24) is 0 Å². The van der Waals surface area contributed by atoms with E-state index in [0.717, 1.165) is 10.4 Å². The highest BCUT2D eigenvalue weighted by molar-refractivity contribution is 9.10. The Morgan fingerprint density at radius 3 is 2.63 bits per heavy atom. The zero-order valence-corrected chi connectivity index (χ0v) is 21.7. The SMILES string of the molecule is CCOC(=O)c1c(NC(=O)/C(C#N)=C/c2ccc(OCc3ccccc3F)c(Br)c2)sc(C)c1C. The number of rotatable bonds is 8. The molecule has 3 aromatic rings. The van der Waals surface area contributed by atoms with Gasteiger partial charge in [-0.05, 0) is 72.1 Å². The predicted octanol–water partition coefficient (Wildman–Crippen LogP) is 6.57. The third-order valence-electron chi connectivity index (χ3n) is 5.06. The van der Waals surface area contributed by atoms with Crippen LogP contribution in [0.15, 0.2) is 52.5 Å². The van der Waals surface area contributed by atoms with E-state index in [1.807, 2.05) is 13.0 Å². The average molecular weight is 557 g/mol. The van der Waals surface area contributed by atoms with Crippen molar-refractivity contribution in [3.63, 3.8) is 0 Å². The van der Waals surface area contributed by atoms with Gasteiger partial charge in [0.2, 0.25) is 0 Å². The van der Waals surface area contributed by atoms with Crippen molar-refractivity contribution in [2.45, 2.75) is 27.4 Å². The van der Waals surface area contributed by atoms with Crippen molar-refractivity contribution in [1.29, 1.82) is 5.26 Å². The molecule has 0 aliphatic heterocycles. The third-order valence-corrected chi connectivity index (χ3v) is 6.81. The van der Waals surface area contributed by atoms with Gasteiger partial charge in [-0.1, -0.05) is 24.3 Å². The van der Waals surface area contributed by atoms with Crippen molar-refractivity contribution >= 4 is 50.2 Å². The van der Waals surface area contributed by atoms with Crippen LogP contribution in [0, 0.1) is 31.0 Å². The van der Waals surface area contributed by atoms with Crippen LogP contribution in [0.3, 0.4) is 0 Å². The van der Waals surface area contributed by atoms with E-state index in [2.05, 4.69) is 21.2 Å². The minimum absolute atomic E-state index is 0.0504. The van der Waals surface area contributed by atoms with Gasteiger partial charge < -0.3 is 14.8 Å². The smallest absolute Gasteiger partial charge is 0.341 e. The maximum absolute atomic E-state index is 13.8. The van der Waals surface area contributed by atoms with Gasteiger partial charge in [0.05, 0.1) is 16.6 Å². The first-order valence-electron chi connectivity index (χ1n) is 10.6. The Bertz CT molecular complexity index is 1340. The van der Waals surface area contributed by atoms with E-state index >= 15 is 0 Å². The number of nitriles is 1. The van der Waals surface area contributed by atoms with Gasteiger partial charge in [-0.25, -0.2) is 9.18 Å². The van der Waals surface area contributed by atoms with Crippen molar-refractivity contribution in [2.24, 2.45) is 0 Å². The highest BCUT2D eigenvalue weighted by atomic mass is 79.9. The van der Waals surface area contributed by atoms with E-state index in [4.69, 9.17) is 9.47 Å². The van der Waals surface area contributed by atoms with Crippen LogP contribution in [0.4, 0.5) is 9.39 Å². The van der Waals surface area contributed by atoms with Gasteiger partial charge in [-0.2, -0.15) is 5.26 Å². The summed E-state index contributed by atoms with van der Waals surface area (Å²) in [5.41, 5.74) is 1.87. The quantitative estimate of drug-likeness (QED) is 0.192. The van der Waals surface area contributed by atoms with Crippen molar-refractivity contribution in [2.75, 3.05) is 11.9 Å². The fourth-order valence-corrected chi connectivity index (χ4v) is 4.70. The van der Waals surface area contributed by atoms with Crippen LogP contribution in [0.5, 0.6) is 5.75 Å². The molecule has 0 fully saturated rings. The lowest BCUT2D eigenvalue weighted by Crippen LogP contribution is -2.16. The zero-order chi connectivity index (χ0) is 25.5. The van der Waals surface area contributed by atoms with Crippen LogP contribution in [0.1, 0.15) is 38.8 Å². The molecule has 0 saturated carbocycles. The van der Waals surface area contributed by atoms with E-state index in [0.29, 0.717) is 31.9 Å². The summed E-state index contributed by atoms with van der Waals surface area (Å²) in [7, 11) is 0. The second kappa shape index (κ2) is 11.8. The Morgan fingerprint density at radius 1 is 1.23 bits per heavy atom. The van der Waals surface area contributed by atoms with Crippen LogP contribution < -0.4 is 10.1 Å². The average Bonchev–Trinajstić information content (AvgIpc) is 3.10. The minimum Gasteiger partial charge on any atom is -0.488 e. The number of esters is 1. The second-order valence-electron chi connectivity index (χ2n) is 7.40. The molecule has 6 nitrogen and oxygen atoms in total. The fourth-order valence-electron chi connectivity index (χ4n) is 3.14. The monoisotopic (exact) mass is 556 g/mol. The maximum atomic E-state index is 13.8. The van der Waals surface area contributed by atoms with Gasteiger partial charge in [0.25, 0.3) is 5.91 Å². The van der Waals surface area contributed by atoms with E-state index in [-0.39, 0.29) is 24.6 Å². The molecule has 0 aliphatic rings. The molecule has 0 spiro atoms. The largest absolute Gasteiger partial charge is 0.488 e. The molecule has 35 heavy (non-hydrogen) atoms. The number of hydrogen-bond donors (Lipinski definition) is 1. The summed E-state index contributed by atoms with van der Waals surface area (Å²) in [6, 6.07) is 13.3. The van der Waals surface area contributed by atoms with Gasteiger partial charge in [0.1, 0.15) is 34.8 Å². The number of anilines is 1. The fraction of sp³-hybridized carbons (Fsp3) is 0.192. The lowest BCUT2D eigenvalue weighted by atomic mass is 10.1. The number of hydrogen-bond acceptors (Lipinski definition) is 6. The van der Waals surface area contributed by atoms with Crippen LogP contribution in [0.25, 0.3) is 6.08 Å². The number of nitrogens with zero attached hydrogens (tertiary/aromatic N) is 1. The molecule has 2 aromatic carbocycles. The summed E-state index contributed by atoms with van der Waals surface area (Å²) in [4.78, 5) is 26.0. The molecule has 1 heterocycles. The van der Waals surface area contributed by atoms with Gasteiger partial charge in [-0.3, -0.25) is 4.79 Å². The van der Waals surface area contributed by atoms with Crippen LogP contribution in [-0.4, -0.2) is 18.5 Å². The number of aryl methyl sites for hydroxylation is 1. The number of thiophene rings is 1. The molecule has 1 aromatic heterocycles. The van der Waals surface area contributed by atoms with E-state index in [9.17, 15) is 19.2 Å². The van der Waals surface area contributed by atoms with E-state index in [1.54, 1.807) is 50.2 Å².